The average Bonchev–Trinajstić information content (AvgIpc) is 2.37. The van der Waals surface area contributed by atoms with Crippen molar-refractivity contribution in [3.05, 3.63) is 27.8 Å². The number of rotatable bonds is 7. The Labute approximate surface area is 128 Å². The number of nitrogens with two attached hydrogens (primary N) is 1. The number of benzene rings is 1. The van der Waals surface area contributed by atoms with Crippen molar-refractivity contribution in [2.45, 2.75) is 31.2 Å². The van der Waals surface area contributed by atoms with E-state index in [1.54, 1.807) is 6.92 Å². The van der Waals surface area contributed by atoms with Crippen molar-refractivity contribution in [2.75, 3.05) is 17.7 Å². The van der Waals surface area contributed by atoms with Gasteiger partial charge in [0.15, 0.2) is 0 Å². The van der Waals surface area contributed by atoms with E-state index >= 15 is 0 Å². The summed E-state index contributed by atoms with van der Waals surface area (Å²) in [6.45, 7) is 3.44. The predicted octanol–water partition coefficient (Wildman–Crippen LogP) is 1.91. The first kappa shape index (κ1) is 17.7. The number of thioether (sulfide) groups is 1. The lowest BCUT2D eigenvalue weighted by Gasteiger charge is -2.17. The maximum Gasteiger partial charge on any atom is 0.293 e. The zero-order chi connectivity index (χ0) is 16.2. The van der Waals surface area contributed by atoms with E-state index in [4.69, 9.17) is 5.73 Å². The summed E-state index contributed by atoms with van der Waals surface area (Å²) in [4.78, 5) is 10.1. The highest BCUT2D eigenvalue weighted by Gasteiger charge is 2.25. The summed E-state index contributed by atoms with van der Waals surface area (Å²) in [6.07, 6.45) is 2.52. The van der Waals surface area contributed by atoms with Gasteiger partial charge in [0.25, 0.3) is 5.69 Å². The normalized spacial score (nSPS) is 13.1. The highest BCUT2D eigenvalue weighted by atomic mass is 32.2. The Balaban J connectivity index is 3.25. The number of nitrogen functional groups attached to an aromatic ring is 1. The van der Waals surface area contributed by atoms with Crippen LogP contribution < -0.4 is 10.5 Å². The third-order valence-electron chi connectivity index (χ3n) is 2.99. The summed E-state index contributed by atoms with van der Waals surface area (Å²) >= 11 is 1.53. The van der Waals surface area contributed by atoms with E-state index in [2.05, 4.69) is 4.72 Å². The smallest absolute Gasteiger partial charge is 0.293 e. The molecule has 7 nitrogen and oxygen atoms in total. The Bertz CT molecular complexity index is 632. The van der Waals surface area contributed by atoms with Crippen LogP contribution >= 0.6 is 11.8 Å². The molecule has 0 saturated heterocycles. The number of hydrogen-bond donors (Lipinski definition) is 2. The number of hydrogen-bond acceptors (Lipinski definition) is 6. The molecule has 9 heteroatoms. The minimum atomic E-state index is -3.82. The minimum Gasteiger partial charge on any atom is -0.393 e. The van der Waals surface area contributed by atoms with Crippen molar-refractivity contribution < 1.29 is 13.3 Å². The molecule has 0 spiro atoms. The number of aryl methyl sites for hydroxylation is 1. The van der Waals surface area contributed by atoms with Gasteiger partial charge in [-0.25, -0.2) is 13.1 Å². The van der Waals surface area contributed by atoms with Crippen LogP contribution in [0.2, 0.25) is 0 Å². The van der Waals surface area contributed by atoms with Gasteiger partial charge < -0.3 is 5.73 Å². The second-order valence-electron chi connectivity index (χ2n) is 4.62. The van der Waals surface area contributed by atoms with Crippen molar-refractivity contribution in [2.24, 2.45) is 0 Å². The molecule has 3 N–H and O–H groups in total. The first-order valence-electron chi connectivity index (χ1n) is 6.28. The van der Waals surface area contributed by atoms with E-state index in [-0.39, 0.29) is 16.6 Å². The lowest BCUT2D eigenvalue weighted by molar-refractivity contribution is -0.384. The fourth-order valence-corrected chi connectivity index (χ4v) is 4.26. The van der Waals surface area contributed by atoms with Gasteiger partial charge >= 0.3 is 0 Å². The van der Waals surface area contributed by atoms with Crippen LogP contribution in [0.25, 0.3) is 0 Å². The van der Waals surface area contributed by atoms with Gasteiger partial charge in [-0.2, -0.15) is 11.8 Å². The molecule has 0 aromatic heterocycles. The summed E-state index contributed by atoms with van der Waals surface area (Å²) in [5, 5.41) is 10.9. The molecular weight excluding hydrogens is 314 g/mol. The van der Waals surface area contributed by atoms with Crippen LogP contribution in [0.4, 0.5) is 11.4 Å². The summed E-state index contributed by atoms with van der Waals surface area (Å²) in [5.41, 5.74) is 5.48. The molecule has 0 aliphatic carbocycles. The zero-order valence-corrected chi connectivity index (χ0v) is 13.8. The van der Waals surface area contributed by atoms with Crippen molar-refractivity contribution in [3.8, 4) is 0 Å². The van der Waals surface area contributed by atoms with Crippen molar-refractivity contribution >= 4 is 33.2 Å². The predicted molar refractivity (Wildman–Crippen MR) is 85.0 cm³/mol. The summed E-state index contributed by atoms with van der Waals surface area (Å²) in [5.74, 6) is 0.631. The summed E-state index contributed by atoms with van der Waals surface area (Å²) in [7, 11) is -3.82. The topological polar surface area (TPSA) is 115 Å². The van der Waals surface area contributed by atoms with Gasteiger partial charge in [0.1, 0.15) is 5.69 Å². The van der Waals surface area contributed by atoms with Gasteiger partial charge in [0, 0.05) is 17.9 Å². The van der Waals surface area contributed by atoms with Crippen LogP contribution in [-0.4, -0.2) is 31.4 Å². The molecule has 0 saturated carbocycles. The largest absolute Gasteiger partial charge is 0.393 e. The highest BCUT2D eigenvalue weighted by molar-refractivity contribution is 7.98. The van der Waals surface area contributed by atoms with E-state index in [1.165, 1.54) is 17.8 Å². The van der Waals surface area contributed by atoms with Gasteiger partial charge in [-0.3, -0.25) is 10.1 Å². The Morgan fingerprint density at radius 2 is 2.10 bits per heavy atom. The molecule has 1 rings (SSSR count). The van der Waals surface area contributed by atoms with Crippen LogP contribution in [0, 0.1) is 17.0 Å². The maximum absolute atomic E-state index is 12.4. The lowest BCUT2D eigenvalue weighted by atomic mass is 10.2. The van der Waals surface area contributed by atoms with E-state index in [9.17, 15) is 18.5 Å². The van der Waals surface area contributed by atoms with Crippen LogP contribution in [0.15, 0.2) is 17.0 Å². The minimum absolute atomic E-state index is 0.0485. The van der Waals surface area contributed by atoms with Gasteiger partial charge in [0.05, 0.1) is 9.82 Å². The SMILES string of the molecule is CCC(CSC)NS(=O)(=O)c1cc([N+](=O)[O-])c(N)cc1C. The number of nitro benzene ring substituents is 1. The van der Waals surface area contributed by atoms with Gasteiger partial charge in [0.2, 0.25) is 10.0 Å². The molecule has 1 aromatic carbocycles. The average molecular weight is 333 g/mol. The molecule has 1 unspecified atom stereocenters. The second kappa shape index (κ2) is 7.10. The van der Waals surface area contributed by atoms with Crippen LogP contribution in [0.3, 0.4) is 0 Å². The highest BCUT2D eigenvalue weighted by Crippen LogP contribution is 2.28. The second-order valence-corrected chi connectivity index (χ2v) is 7.21. The molecule has 0 bridgehead atoms. The molecule has 0 fully saturated rings. The van der Waals surface area contributed by atoms with Gasteiger partial charge in [-0.05, 0) is 31.2 Å². The number of nitrogens with one attached hydrogen (secondary N) is 1. The number of anilines is 1. The van der Waals surface area contributed by atoms with Crippen LogP contribution in [0.5, 0.6) is 0 Å². The zero-order valence-electron chi connectivity index (χ0n) is 12.1. The maximum atomic E-state index is 12.4. The first-order chi connectivity index (χ1) is 9.72. The van der Waals surface area contributed by atoms with Crippen molar-refractivity contribution in [1.82, 2.24) is 4.72 Å². The van der Waals surface area contributed by atoms with E-state index in [1.807, 2.05) is 13.2 Å². The third-order valence-corrected chi connectivity index (χ3v) is 5.39. The molecule has 0 amide bonds. The fraction of sp³-hybridized carbons (Fsp3) is 0.500. The monoisotopic (exact) mass is 333 g/mol. The van der Waals surface area contributed by atoms with Crippen molar-refractivity contribution in [3.63, 3.8) is 0 Å². The molecule has 0 aliphatic heterocycles. The Morgan fingerprint density at radius 1 is 1.48 bits per heavy atom. The molecule has 0 heterocycles. The van der Waals surface area contributed by atoms with Crippen LogP contribution in [0.1, 0.15) is 18.9 Å². The number of sulfonamides is 1. The number of nitro groups is 1. The molecular formula is C12H19N3O4S2. The molecule has 21 heavy (non-hydrogen) atoms. The summed E-state index contributed by atoms with van der Waals surface area (Å²) in [6, 6.07) is 2.10. The fourth-order valence-electron chi connectivity index (χ4n) is 1.87. The Kier molecular flexibility index (Phi) is 5.99. The quantitative estimate of drug-likeness (QED) is 0.447. The van der Waals surface area contributed by atoms with Gasteiger partial charge in [-0.1, -0.05) is 6.92 Å². The van der Waals surface area contributed by atoms with Gasteiger partial charge in [-0.15, -0.1) is 0 Å². The first-order valence-corrected chi connectivity index (χ1v) is 9.16. The van der Waals surface area contributed by atoms with Crippen molar-refractivity contribution in [1.29, 1.82) is 0 Å². The molecule has 0 aliphatic rings. The van der Waals surface area contributed by atoms with Crippen LogP contribution in [-0.2, 0) is 10.0 Å². The van der Waals surface area contributed by atoms with E-state index in [0.29, 0.717) is 17.7 Å². The Morgan fingerprint density at radius 3 is 2.57 bits per heavy atom. The third kappa shape index (κ3) is 4.32. The number of nitrogens with zero attached hydrogens (tertiary/aromatic N) is 1. The molecule has 1 atom stereocenters. The molecule has 1 aromatic rings. The molecule has 0 radical (unpaired) electrons. The standard InChI is InChI=1S/C12H19N3O4S2/c1-4-9(7-20-3)14-21(18,19)12-6-11(15(16)17)10(13)5-8(12)2/h5-6,9,14H,4,7,13H2,1-3H3. The molecule has 118 valence electrons. The van der Waals surface area contributed by atoms with E-state index < -0.39 is 20.6 Å². The Hall–Kier alpha value is -1.32. The summed E-state index contributed by atoms with van der Waals surface area (Å²) < 4.78 is 27.4. The van der Waals surface area contributed by atoms with E-state index in [0.717, 1.165) is 6.07 Å². The lowest BCUT2D eigenvalue weighted by Crippen LogP contribution is -2.36.